The van der Waals surface area contributed by atoms with Gasteiger partial charge in [-0.25, -0.2) is 0 Å². The number of hydrogen-bond donors (Lipinski definition) is 1. The molecule has 3 nitrogen and oxygen atoms in total. The minimum absolute atomic E-state index is 0.606. The number of anilines is 1. The molecule has 2 heterocycles. The summed E-state index contributed by atoms with van der Waals surface area (Å²) in [5.41, 5.74) is 1.33. The van der Waals surface area contributed by atoms with Crippen molar-refractivity contribution < 1.29 is 0 Å². The molecular weight excluding hydrogens is 246 g/mol. The highest BCUT2D eigenvalue weighted by Crippen LogP contribution is 2.27. The molecule has 0 saturated carbocycles. The zero-order valence-electron chi connectivity index (χ0n) is 12.2. The average Bonchev–Trinajstić information content (AvgIpc) is 2.73. The second kappa shape index (κ2) is 6.23. The summed E-state index contributed by atoms with van der Waals surface area (Å²) < 4.78 is 0. The molecule has 1 saturated heterocycles. The van der Waals surface area contributed by atoms with E-state index >= 15 is 0 Å². The van der Waals surface area contributed by atoms with Crippen LogP contribution in [0.25, 0.3) is 10.8 Å². The largest absolute Gasteiger partial charge is 0.369 e. The number of pyridine rings is 1. The Bertz CT molecular complexity index is 562. The van der Waals surface area contributed by atoms with Crippen LogP contribution in [0.5, 0.6) is 0 Å². The maximum absolute atomic E-state index is 4.30. The van der Waals surface area contributed by atoms with Gasteiger partial charge in [-0.05, 0) is 36.9 Å². The molecule has 1 N–H and O–H groups in total. The number of aromatic nitrogens is 1. The lowest BCUT2D eigenvalue weighted by Gasteiger charge is -2.27. The van der Waals surface area contributed by atoms with Crippen molar-refractivity contribution in [3.63, 3.8) is 0 Å². The van der Waals surface area contributed by atoms with E-state index in [1.807, 2.05) is 12.4 Å². The van der Waals surface area contributed by atoms with E-state index < -0.39 is 0 Å². The normalized spacial score (nSPS) is 20.1. The van der Waals surface area contributed by atoms with E-state index in [0.717, 1.165) is 19.6 Å². The molecule has 1 aliphatic heterocycles. The Hall–Kier alpha value is -1.61. The summed E-state index contributed by atoms with van der Waals surface area (Å²) in [6.45, 7) is 5.62. The van der Waals surface area contributed by atoms with Crippen LogP contribution in [0.3, 0.4) is 0 Å². The molecule has 1 fully saturated rings. The molecule has 0 spiro atoms. The van der Waals surface area contributed by atoms with Crippen LogP contribution in [0.2, 0.25) is 0 Å². The van der Waals surface area contributed by atoms with Crippen molar-refractivity contribution in [3.8, 4) is 0 Å². The van der Waals surface area contributed by atoms with Gasteiger partial charge in [0, 0.05) is 42.6 Å². The highest BCUT2D eigenvalue weighted by atomic mass is 15.2. The molecule has 106 valence electrons. The summed E-state index contributed by atoms with van der Waals surface area (Å²) in [6.07, 6.45) is 7.56. The second-order valence-electron chi connectivity index (χ2n) is 5.61. The van der Waals surface area contributed by atoms with Gasteiger partial charge in [-0.2, -0.15) is 0 Å². The Kier molecular flexibility index (Phi) is 4.16. The molecule has 1 aromatic heterocycles. The summed E-state index contributed by atoms with van der Waals surface area (Å²) in [5, 5.41) is 6.22. The van der Waals surface area contributed by atoms with Crippen molar-refractivity contribution in [1.29, 1.82) is 0 Å². The lowest BCUT2D eigenvalue weighted by molar-refractivity contribution is 0.503. The summed E-state index contributed by atoms with van der Waals surface area (Å²) in [6, 6.07) is 9.26. The van der Waals surface area contributed by atoms with Crippen LogP contribution in [0, 0.1) is 0 Å². The molecular formula is C17H23N3. The number of benzene rings is 1. The third kappa shape index (κ3) is 2.78. The first kappa shape index (κ1) is 13.4. The summed E-state index contributed by atoms with van der Waals surface area (Å²) >= 11 is 0. The van der Waals surface area contributed by atoms with Crippen LogP contribution in [0.15, 0.2) is 36.7 Å². The SMILES string of the molecule is CCCC1CN(c2cccc3ccncc23)CCCN1. The van der Waals surface area contributed by atoms with Crippen molar-refractivity contribution in [1.82, 2.24) is 10.3 Å². The van der Waals surface area contributed by atoms with Gasteiger partial charge in [-0.3, -0.25) is 4.98 Å². The molecule has 0 amide bonds. The molecule has 1 aliphatic rings. The molecule has 3 rings (SSSR count). The molecule has 0 radical (unpaired) electrons. The quantitative estimate of drug-likeness (QED) is 0.927. The standard InChI is InChI=1S/C17H23N3/c1-2-5-15-13-20(11-4-9-19-15)17-7-3-6-14-8-10-18-12-16(14)17/h3,6-8,10,12,15,19H,2,4-5,9,11,13H2,1H3. The van der Waals surface area contributed by atoms with Gasteiger partial charge >= 0.3 is 0 Å². The fourth-order valence-electron chi connectivity index (χ4n) is 3.13. The lowest BCUT2D eigenvalue weighted by atomic mass is 10.1. The van der Waals surface area contributed by atoms with Gasteiger partial charge < -0.3 is 10.2 Å². The number of fused-ring (bicyclic) bond motifs is 1. The second-order valence-corrected chi connectivity index (χ2v) is 5.61. The van der Waals surface area contributed by atoms with E-state index in [0.29, 0.717) is 6.04 Å². The van der Waals surface area contributed by atoms with Gasteiger partial charge in [0.05, 0.1) is 0 Å². The summed E-state index contributed by atoms with van der Waals surface area (Å²) in [4.78, 5) is 6.84. The van der Waals surface area contributed by atoms with Crippen LogP contribution in [-0.4, -0.2) is 30.7 Å². The van der Waals surface area contributed by atoms with E-state index in [4.69, 9.17) is 0 Å². The first-order chi connectivity index (χ1) is 9.88. The van der Waals surface area contributed by atoms with Gasteiger partial charge in [0.15, 0.2) is 0 Å². The molecule has 1 unspecified atom stereocenters. The van der Waals surface area contributed by atoms with Gasteiger partial charge in [0.1, 0.15) is 0 Å². The molecule has 1 aromatic carbocycles. The zero-order chi connectivity index (χ0) is 13.8. The minimum atomic E-state index is 0.606. The van der Waals surface area contributed by atoms with Crippen LogP contribution in [-0.2, 0) is 0 Å². The van der Waals surface area contributed by atoms with Crippen molar-refractivity contribution in [2.45, 2.75) is 32.2 Å². The molecule has 1 atom stereocenters. The highest BCUT2D eigenvalue weighted by Gasteiger charge is 2.18. The van der Waals surface area contributed by atoms with E-state index in [2.05, 4.69) is 46.4 Å². The van der Waals surface area contributed by atoms with Gasteiger partial charge in [0.25, 0.3) is 0 Å². The molecule has 2 aromatic rings. The third-order valence-corrected chi connectivity index (χ3v) is 4.12. The Labute approximate surface area is 121 Å². The maximum atomic E-state index is 4.30. The first-order valence-corrected chi connectivity index (χ1v) is 7.69. The summed E-state index contributed by atoms with van der Waals surface area (Å²) in [5.74, 6) is 0. The summed E-state index contributed by atoms with van der Waals surface area (Å²) in [7, 11) is 0. The molecule has 3 heteroatoms. The van der Waals surface area contributed by atoms with Crippen LogP contribution < -0.4 is 10.2 Å². The predicted octanol–water partition coefficient (Wildman–Crippen LogP) is 3.20. The van der Waals surface area contributed by atoms with E-state index in [1.54, 1.807) is 0 Å². The fourth-order valence-corrected chi connectivity index (χ4v) is 3.13. The fraction of sp³-hybridized carbons (Fsp3) is 0.471. The molecule has 20 heavy (non-hydrogen) atoms. The van der Waals surface area contributed by atoms with Gasteiger partial charge in [-0.15, -0.1) is 0 Å². The topological polar surface area (TPSA) is 28.2 Å². The predicted molar refractivity (Wildman–Crippen MR) is 85.3 cm³/mol. The Morgan fingerprint density at radius 3 is 3.20 bits per heavy atom. The van der Waals surface area contributed by atoms with Crippen molar-refractivity contribution in [3.05, 3.63) is 36.7 Å². The van der Waals surface area contributed by atoms with Crippen LogP contribution in [0.1, 0.15) is 26.2 Å². The number of hydrogen-bond acceptors (Lipinski definition) is 3. The zero-order valence-corrected chi connectivity index (χ0v) is 12.2. The minimum Gasteiger partial charge on any atom is -0.369 e. The Balaban J connectivity index is 1.92. The monoisotopic (exact) mass is 269 g/mol. The number of nitrogens with zero attached hydrogens (tertiary/aromatic N) is 2. The van der Waals surface area contributed by atoms with E-state index in [9.17, 15) is 0 Å². The number of nitrogens with one attached hydrogen (secondary N) is 1. The van der Waals surface area contributed by atoms with Crippen molar-refractivity contribution in [2.24, 2.45) is 0 Å². The van der Waals surface area contributed by atoms with Gasteiger partial charge in [0.2, 0.25) is 0 Å². The lowest BCUT2D eigenvalue weighted by Crippen LogP contribution is -2.37. The Morgan fingerprint density at radius 1 is 1.35 bits per heavy atom. The van der Waals surface area contributed by atoms with E-state index in [1.165, 1.54) is 35.7 Å². The number of rotatable bonds is 3. The average molecular weight is 269 g/mol. The maximum Gasteiger partial charge on any atom is 0.0462 e. The van der Waals surface area contributed by atoms with Gasteiger partial charge in [-0.1, -0.05) is 25.5 Å². The Morgan fingerprint density at radius 2 is 2.30 bits per heavy atom. The van der Waals surface area contributed by atoms with Crippen LogP contribution >= 0.6 is 0 Å². The van der Waals surface area contributed by atoms with Crippen molar-refractivity contribution >= 4 is 16.5 Å². The van der Waals surface area contributed by atoms with Crippen molar-refractivity contribution in [2.75, 3.05) is 24.5 Å². The molecule has 0 bridgehead atoms. The highest BCUT2D eigenvalue weighted by molar-refractivity contribution is 5.93. The van der Waals surface area contributed by atoms with Crippen LogP contribution in [0.4, 0.5) is 5.69 Å². The molecule has 0 aliphatic carbocycles. The first-order valence-electron chi connectivity index (χ1n) is 7.69. The smallest absolute Gasteiger partial charge is 0.0462 e. The van der Waals surface area contributed by atoms with E-state index in [-0.39, 0.29) is 0 Å². The third-order valence-electron chi connectivity index (χ3n) is 4.12.